The molecule has 0 bridgehead atoms. The molecule has 0 aliphatic carbocycles. The summed E-state index contributed by atoms with van der Waals surface area (Å²) >= 11 is 0. The summed E-state index contributed by atoms with van der Waals surface area (Å²) in [7, 11) is 0. The number of pyridine rings is 1. The third-order valence-corrected chi connectivity index (χ3v) is 4.77. The molecule has 0 fully saturated rings. The number of fused-ring (bicyclic) bond motifs is 1. The molecule has 1 aliphatic heterocycles. The standard InChI is InChI=1S/C22H30N2O3/c1-15(2)23-11-7-8-12-26-21-16(3)24-19(13-17-9-5-4-6-10-17)18-14-27-22(25)20(18)21/h4-6,9-10,15,22-23,25H,7-8,11-14H2,1-3H3. The third kappa shape index (κ3) is 5.06. The fraction of sp³-hybridized carbons (Fsp3) is 0.500. The molecule has 1 aromatic heterocycles. The predicted molar refractivity (Wildman–Crippen MR) is 106 cm³/mol. The largest absolute Gasteiger partial charge is 0.491 e. The fourth-order valence-corrected chi connectivity index (χ4v) is 3.39. The Morgan fingerprint density at radius 2 is 2.04 bits per heavy atom. The number of benzene rings is 1. The molecule has 2 heterocycles. The number of hydrogen-bond donors (Lipinski definition) is 2. The Bertz CT molecular complexity index is 747. The molecule has 0 radical (unpaired) electrons. The molecule has 146 valence electrons. The van der Waals surface area contributed by atoms with Crippen LogP contribution in [-0.2, 0) is 17.8 Å². The maximum Gasteiger partial charge on any atom is 0.185 e. The quantitative estimate of drug-likeness (QED) is 0.660. The van der Waals surface area contributed by atoms with E-state index in [0.717, 1.165) is 48.3 Å². The number of nitrogens with one attached hydrogen (secondary N) is 1. The summed E-state index contributed by atoms with van der Waals surface area (Å²) in [6.07, 6.45) is 1.80. The number of nitrogens with zero attached hydrogens (tertiary/aromatic N) is 1. The maximum atomic E-state index is 10.3. The summed E-state index contributed by atoms with van der Waals surface area (Å²) in [4.78, 5) is 4.78. The first kappa shape index (κ1) is 19.8. The van der Waals surface area contributed by atoms with Crippen LogP contribution in [0.5, 0.6) is 5.75 Å². The zero-order valence-corrected chi connectivity index (χ0v) is 16.5. The van der Waals surface area contributed by atoms with Crippen molar-refractivity contribution in [2.24, 2.45) is 0 Å². The number of hydrogen-bond acceptors (Lipinski definition) is 5. The molecule has 1 unspecified atom stereocenters. The Balaban J connectivity index is 1.71. The maximum absolute atomic E-state index is 10.3. The predicted octanol–water partition coefficient (Wildman–Crippen LogP) is 3.66. The number of aliphatic hydroxyl groups excluding tert-OH is 1. The highest BCUT2D eigenvalue weighted by Crippen LogP contribution is 2.39. The Kier molecular flexibility index (Phi) is 6.83. The fourth-order valence-electron chi connectivity index (χ4n) is 3.39. The van der Waals surface area contributed by atoms with Crippen molar-refractivity contribution >= 4 is 0 Å². The average Bonchev–Trinajstić information content (AvgIpc) is 3.03. The third-order valence-electron chi connectivity index (χ3n) is 4.77. The second-order valence-electron chi connectivity index (χ2n) is 7.36. The highest BCUT2D eigenvalue weighted by atomic mass is 16.6. The van der Waals surface area contributed by atoms with Gasteiger partial charge in [-0.25, -0.2) is 0 Å². The molecule has 0 amide bonds. The first-order valence-corrected chi connectivity index (χ1v) is 9.78. The Morgan fingerprint density at radius 3 is 2.78 bits per heavy atom. The van der Waals surface area contributed by atoms with Crippen molar-refractivity contribution in [3.05, 3.63) is 58.4 Å². The second-order valence-corrected chi connectivity index (χ2v) is 7.36. The van der Waals surface area contributed by atoms with Crippen LogP contribution in [0, 0.1) is 6.92 Å². The van der Waals surface area contributed by atoms with Crippen LogP contribution in [0.1, 0.15) is 61.1 Å². The minimum atomic E-state index is -0.936. The van der Waals surface area contributed by atoms with Crippen LogP contribution >= 0.6 is 0 Å². The number of aliphatic hydroxyl groups is 1. The van der Waals surface area contributed by atoms with E-state index < -0.39 is 6.29 Å². The van der Waals surface area contributed by atoms with Gasteiger partial charge in [0.15, 0.2) is 6.29 Å². The molecule has 3 rings (SSSR count). The van der Waals surface area contributed by atoms with Gasteiger partial charge in [0.2, 0.25) is 0 Å². The molecular formula is C22H30N2O3. The van der Waals surface area contributed by atoms with Gasteiger partial charge in [-0.05, 0) is 31.9 Å². The van der Waals surface area contributed by atoms with Gasteiger partial charge in [0.05, 0.1) is 30.2 Å². The van der Waals surface area contributed by atoms with Crippen molar-refractivity contribution in [3.8, 4) is 5.75 Å². The van der Waals surface area contributed by atoms with Crippen molar-refractivity contribution in [1.29, 1.82) is 0 Å². The van der Waals surface area contributed by atoms with E-state index in [1.807, 2.05) is 25.1 Å². The lowest BCUT2D eigenvalue weighted by atomic mass is 10.0. The van der Waals surface area contributed by atoms with Gasteiger partial charge in [0, 0.05) is 18.0 Å². The first-order chi connectivity index (χ1) is 13.1. The van der Waals surface area contributed by atoms with Gasteiger partial charge in [-0.2, -0.15) is 0 Å². The topological polar surface area (TPSA) is 63.6 Å². The second kappa shape index (κ2) is 9.31. The van der Waals surface area contributed by atoms with Crippen LogP contribution in [0.2, 0.25) is 0 Å². The van der Waals surface area contributed by atoms with Gasteiger partial charge in [0.1, 0.15) is 5.75 Å². The smallest absolute Gasteiger partial charge is 0.185 e. The zero-order chi connectivity index (χ0) is 19.2. The number of aryl methyl sites for hydroxylation is 1. The van der Waals surface area contributed by atoms with Crippen molar-refractivity contribution in [2.45, 2.75) is 59.0 Å². The molecular weight excluding hydrogens is 340 g/mol. The van der Waals surface area contributed by atoms with Crippen LogP contribution < -0.4 is 10.1 Å². The van der Waals surface area contributed by atoms with Crippen molar-refractivity contribution in [3.63, 3.8) is 0 Å². The summed E-state index contributed by atoms with van der Waals surface area (Å²) in [5.74, 6) is 0.684. The van der Waals surface area contributed by atoms with Crippen LogP contribution in [0.3, 0.4) is 0 Å². The molecule has 1 aromatic carbocycles. The molecule has 2 aromatic rings. The van der Waals surface area contributed by atoms with E-state index >= 15 is 0 Å². The van der Waals surface area contributed by atoms with E-state index in [-0.39, 0.29) is 0 Å². The minimum absolute atomic E-state index is 0.376. The molecule has 5 nitrogen and oxygen atoms in total. The highest BCUT2D eigenvalue weighted by Gasteiger charge is 2.30. The lowest BCUT2D eigenvalue weighted by molar-refractivity contribution is -0.0928. The molecule has 0 saturated heterocycles. The Morgan fingerprint density at radius 1 is 1.26 bits per heavy atom. The van der Waals surface area contributed by atoms with Crippen LogP contribution in [0.15, 0.2) is 30.3 Å². The normalized spacial score (nSPS) is 16.0. The van der Waals surface area contributed by atoms with Gasteiger partial charge in [0.25, 0.3) is 0 Å². The Labute approximate surface area is 161 Å². The summed E-state index contributed by atoms with van der Waals surface area (Å²) in [6, 6.07) is 10.7. The number of ether oxygens (including phenoxy) is 2. The average molecular weight is 370 g/mol. The highest BCUT2D eigenvalue weighted by molar-refractivity contribution is 5.48. The lowest BCUT2D eigenvalue weighted by Crippen LogP contribution is -2.23. The Hall–Kier alpha value is -1.95. The van der Waals surface area contributed by atoms with E-state index in [2.05, 4.69) is 31.3 Å². The lowest BCUT2D eigenvalue weighted by Gasteiger charge is -2.17. The van der Waals surface area contributed by atoms with Crippen LogP contribution in [0.4, 0.5) is 0 Å². The molecule has 2 N–H and O–H groups in total. The van der Waals surface area contributed by atoms with Gasteiger partial charge in [-0.1, -0.05) is 44.2 Å². The van der Waals surface area contributed by atoms with Gasteiger partial charge in [-0.3, -0.25) is 4.98 Å². The number of unbranched alkanes of at least 4 members (excludes halogenated alkanes) is 1. The molecule has 0 spiro atoms. The van der Waals surface area contributed by atoms with E-state index in [4.69, 9.17) is 14.5 Å². The molecule has 1 aliphatic rings. The van der Waals surface area contributed by atoms with E-state index in [1.165, 1.54) is 5.56 Å². The molecule has 5 heteroatoms. The monoisotopic (exact) mass is 370 g/mol. The van der Waals surface area contributed by atoms with Gasteiger partial charge < -0.3 is 19.9 Å². The zero-order valence-electron chi connectivity index (χ0n) is 16.5. The van der Waals surface area contributed by atoms with Gasteiger partial charge in [-0.15, -0.1) is 0 Å². The van der Waals surface area contributed by atoms with E-state index in [1.54, 1.807) is 0 Å². The SMILES string of the molecule is Cc1nc(Cc2ccccc2)c2c(c1OCCCCNC(C)C)C(O)OC2. The summed E-state index contributed by atoms with van der Waals surface area (Å²) in [5, 5.41) is 13.7. The molecule has 27 heavy (non-hydrogen) atoms. The van der Waals surface area contributed by atoms with Crippen LogP contribution in [-0.4, -0.2) is 29.3 Å². The minimum Gasteiger partial charge on any atom is -0.491 e. The van der Waals surface area contributed by atoms with E-state index in [9.17, 15) is 5.11 Å². The molecule has 1 atom stereocenters. The summed E-state index contributed by atoms with van der Waals surface area (Å²) in [6.45, 7) is 8.20. The van der Waals surface area contributed by atoms with Crippen molar-refractivity contribution < 1.29 is 14.6 Å². The first-order valence-electron chi connectivity index (χ1n) is 9.78. The van der Waals surface area contributed by atoms with Crippen LogP contribution in [0.25, 0.3) is 0 Å². The number of aromatic nitrogens is 1. The van der Waals surface area contributed by atoms with Gasteiger partial charge >= 0.3 is 0 Å². The van der Waals surface area contributed by atoms with Crippen molar-refractivity contribution in [1.82, 2.24) is 10.3 Å². The number of rotatable bonds is 9. The summed E-state index contributed by atoms with van der Waals surface area (Å²) < 4.78 is 11.5. The van der Waals surface area contributed by atoms with E-state index in [0.29, 0.717) is 25.0 Å². The van der Waals surface area contributed by atoms with Crippen molar-refractivity contribution in [2.75, 3.05) is 13.2 Å². The molecule has 0 saturated carbocycles. The summed E-state index contributed by atoms with van der Waals surface area (Å²) in [5.41, 5.74) is 4.68.